The SMILES string of the molecule is Cl.NC1CCN(c2ncc3cc(C(=O)Nc4cc(C(=O)NC(CO)c5ccccc5)ccc4Cl)c(=O)[nH]c3n2)CC1. The summed E-state index contributed by atoms with van der Waals surface area (Å²) >= 11 is 6.29. The Morgan fingerprint density at radius 2 is 1.85 bits per heavy atom. The highest BCUT2D eigenvalue weighted by atomic mass is 35.5. The summed E-state index contributed by atoms with van der Waals surface area (Å²) < 4.78 is 0. The predicted molar refractivity (Wildman–Crippen MR) is 160 cm³/mol. The van der Waals surface area contributed by atoms with E-state index in [1.807, 2.05) is 23.1 Å². The summed E-state index contributed by atoms with van der Waals surface area (Å²) in [6.45, 7) is 1.15. The van der Waals surface area contributed by atoms with E-state index in [2.05, 4.69) is 25.6 Å². The van der Waals surface area contributed by atoms with E-state index in [9.17, 15) is 19.5 Å². The number of nitrogens with zero attached hydrogens (tertiary/aromatic N) is 3. The van der Waals surface area contributed by atoms with Gasteiger partial charge in [-0.3, -0.25) is 14.4 Å². The summed E-state index contributed by atoms with van der Waals surface area (Å²) in [5.41, 5.74) is 6.59. The van der Waals surface area contributed by atoms with Crippen LogP contribution in [-0.4, -0.2) is 57.6 Å². The number of piperidine rings is 1. The summed E-state index contributed by atoms with van der Waals surface area (Å²) in [5, 5.41) is 15.8. The molecule has 2 aromatic carbocycles. The zero-order valence-corrected chi connectivity index (χ0v) is 23.4. The van der Waals surface area contributed by atoms with Gasteiger partial charge in [0.15, 0.2) is 0 Å². The number of aliphatic hydroxyl groups excluding tert-OH is 1. The van der Waals surface area contributed by atoms with Gasteiger partial charge in [0.05, 0.1) is 23.4 Å². The van der Waals surface area contributed by atoms with E-state index >= 15 is 0 Å². The first kappa shape index (κ1) is 29.9. The number of aliphatic hydroxyl groups is 1. The maximum absolute atomic E-state index is 13.1. The van der Waals surface area contributed by atoms with E-state index in [1.54, 1.807) is 18.3 Å². The van der Waals surface area contributed by atoms with E-state index < -0.39 is 23.4 Å². The largest absolute Gasteiger partial charge is 0.394 e. The Labute approximate surface area is 246 Å². The van der Waals surface area contributed by atoms with Crippen LogP contribution in [0, 0.1) is 0 Å². The number of fused-ring (bicyclic) bond motifs is 1. The number of H-pyrrole nitrogens is 1. The lowest BCUT2D eigenvalue weighted by Crippen LogP contribution is -2.40. The molecular formula is C28H29Cl2N7O4. The Kier molecular flexibility index (Phi) is 9.56. The molecule has 0 saturated carbocycles. The molecular weight excluding hydrogens is 569 g/mol. The van der Waals surface area contributed by atoms with Crippen molar-refractivity contribution in [2.45, 2.75) is 24.9 Å². The molecule has 1 unspecified atom stereocenters. The van der Waals surface area contributed by atoms with Gasteiger partial charge in [0.25, 0.3) is 17.4 Å². The second-order valence-corrected chi connectivity index (χ2v) is 9.99. The van der Waals surface area contributed by atoms with E-state index in [4.69, 9.17) is 17.3 Å². The highest BCUT2D eigenvalue weighted by molar-refractivity contribution is 6.34. The minimum absolute atomic E-state index is 0. The number of nitrogens with two attached hydrogens (primary N) is 1. The van der Waals surface area contributed by atoms with Crippen LogP contribution in [0.3, 0.4) is 0 Å². The van der Waals surface area contributed by atoms with Gasteiger partial charge in [-0.05, 0) is 42.7 Å². The highest BCUT2D eigenvalue weighted by Crippen LogP contribution is 2.25. The first-order chi connectivity index (χ1) is 19.3. The topological polar surface area (TPSA) is 166 Å². The number of hydrogen-bond acceptors (Lipinski definition) is 8. The first-order valence-corrected chi connectivity index (χ1v) is 13.2. The average Bonchev–Trinajstić information content (AvgIpc) is 2.97. The minimum atomic E-state index is -0.714. The van der Waals surface area contributed by atoms with Crippen molar-refractivity contribution < 1.29 is 14.7 Å². The van der Waals surface area contributed by atoms with Crippen molar-refractivity contribution in [3.63, 3.8) is 0 Å². The van der Waals surface area contributed by atoms with Crippen LogP contribution in [0.15, 0.2) is 65.6 Å². The molecule has 11 nitrogen and oxygen atoms in total. The van der Waals surface area contributed by atoms with Crippen LogP contribution < -0.4 is 26.8 Å². The van der Waals surface area contributed by atoms with Gasteiger partial charge in [0, 0.05) is 36.3 Å². The van der Waals surface area contributed by atoms with Gasteiger partial charge in [-0.2, -0.15) is 4.98 Å². The average molecular weight is 598 g/mol. The Hall–Kier alpha value is -4.03. The van der Waals surface area contributed by atoms with Gasteiger partial charge in [-0.1, -0.05) is 41.9 Å². The molecule has 0 aliphatic carbocycles. The quantitative estimate of drug-likeness (QED) is 0.217. The summed E-state index contributed by atoms with van der Waals surface area (Å²) in [7, 11) is 0. The molecule has 41 heavy (non-hydrogen) atoms. The van der Waals surface area contributed by atoms with Crippen LogP contribution in [0.5, 0.6) is 0 Å². The molecule has 4 aromatic rings. The van der Waals surface area contributed by atoms with Gasteiger partial charge in [-0.15, -0.1) is 12.4 Å². The molecule has 1 saturated heterocycles. The fourth-order valence-electron chi connectivity index (χ4n) is 4.52. The number of rotatable bonds is 7. The fraction of sp³-hybridized carbons (Fsp3) is 0.250. The van der Waals surface area contributed by atoms with Crippen LogP contribution >= 0.6 is 24.0 Å². The molecule has 0 bridgehead atoms. The van der Waals surface area contributed by atoms with Crippen LogP contribution in [-0.2, 0) is 0 Å². The molecule has 2 amide bonds. The zero-order valence-electron chi connectivity index (χ0n) is 21.8. The minimum Gasteiger partial charge on any atom is -0.394 e. The number of halogens is 2. The molecule has 3 heterocycles. The molecule has 13 heteroatoms. The molecule has 2 aromatic heterocycles. The smallest absolute Gasteiger partial charge is 0.262 e. The number of nitrogens with one attached hydrogen (secondary N) is 3. The number of anilines is 2. The zero-order chi connectivity index (χ0) is 28.2. The number of benzene rings is 2. The Morgan fingerprint density at radius 3 is 2.56 bits per heavy atom. The van der Waals surface area contributed by atoms with Crippen molar-refractivity contribution in [3.8, 4) is 0 Å². The number of pyridine rings is 1. The molecule has 5 rings (SSSR count). The molecule has 214 valence electrons. The molecule has 1 aliphatic rings. The number of aromatic nitrogens is 3. The molecule has 6 N–H and O–H groups in total. The number of carbonyl (C=O) groups excluding carboxylic acids is 2. The lowest BCUT2D eigenvalue weighted by atomic mass is 10.1. The van der Waals surface area contributed by atoms with Crippen LogP contribution in [0.1, 0.15) is 45.2 Å². The third-order valence-corrected chi connectivity index (χ3v) is 7.14. The second-order valence-electron chi connectivity index (χ2n) is 9.58. The maximum atomic E-state index is 13.1. The standard InChI is InChI=1S/C28H28ClN7O4.ClH/c29-21-7-6-17(25(38)33-23(15-37)16-4-2-1-3-5-16)13-22(21)32-26(39)20-12-18-14-31-28(35-24(18)34-27(20)40)36-10-8-19(30)9-11-36;/h1-7,12-14,19,23,37H,8-11,15,30H2,(H,32,39)(H,33,38)(H,31,34,35,40);1H. The second kappa shape index (κ2) is 13.1. The summed E-state index contributed by atoms with van der Waals surface area (Å²) in [6, 6.07) is 14.4. The lowest BCUT2D eigenvalue weighted by molar-refractivity contribution is 0.0915. The van der Waals surface area contributed by atoms with Crippen molar-refractivity contribution in [2.24, 2.45) is 5.73 Å². The number of carbonyl (C=O) groups is 2. The van der Waals surface area contributed by atoms with Gasteiger partial charge < -0.3 is 31.4 Å². The number of hydrogen-bond donors (Lipinski definition) is 5. The van der Waals surface area contributed by atoms with Crippen LogP contribution in [0.4, 0.5) is 11.6 Å². The molecule has 0 radical (unpaired) electrons. The van der Waals surface area contributed by atoms with Crippen molar-refractivity contribution in [3.05, 3.63) is 92.9 Å². The van der Waals surface area contributed by atoms with Crippen molar-refractivity contribution in [1.82, 2.24) is 20.3 Å². The highest BCUT2D eigenvalue weighted by Gasteiger charge is 2.21. The number of amides is 2. The summed E-state index contributed by atoms with van der Waals surface area (Å²) in [5.74, 6) is -0.693. The third kappa shape index (κ3) is 6.83. The molecule has 1 atom stereocenters. The van der Waals surface area contributed by atoms with Gasteiger partial charge >= 0.3 is 0 Å². The Bertz CT molecular complexity index is 1610. The van der Waals surface area contributed by atoms with E-state index in [-0.39, 0.29) is 46.9 Å². The van der Waals surface area contributed by atoms with E-state index in [0.717, 1.165) is 31.5 Å². The van der Waals surface area contributed by atoms with Crippen molar-refractivity contribution in [1.29, 1.82) is 0 Å². The Balaban J connectivity index is 0.00000387. The van der Waals surface area contributed by atoms with Gasteiger partial charge in [-0.25, -0.2) is 4.98 Å². The number of aromatic amines is 1. The van der Waals surface area contributed by atoms with Crippen molar-refractivity contribution >= 4 is 58.5 Å². The maximum Gasteiger partial charge on any atom is 0.262 e. The van der Waals surface area contributed by atoms with Crippen molar-refractivity contribution in [2.75, 3.05) is 29.9 Å². The first-order valence-electron chi connectivity index (χ1n) is 12.8. The van der Waals surface area contributed by atoms with Gasteiger partial charge in [0.2, 0.25) is 5.95 Å². The fourth-order valence-corrected chi connectivity index (χ4v) is 4.68. The van der Waals surface area contributed by atoms with E-state index in [1.165, 1.54) is 24.3 Å². The monoisotopic (exact) mass is 597 g/mol. The van der Waals surface area contributed by atoms with E-state index in [0.29, 0.717) is 17.0 Å². The summed E-state index contributed by atoms with van der Waals surface area (Å²) in [6.07, 6.45) is 3.22. The third-order valence-electron chi connectivity index (χ3n) is 6.81. The molecule has 0 spiro atoms. The van der Waals surface area contributed by atoms with Crippen LogP contribution in [0.25, 0.3) is 11.0 Å². The lowest BCUT2D eigenvalue weighted by Gasteiger charge is -2.30. The normalized spacial score (nSPS) is 14.3. The summed E-state index contributed by atoms with van der Waals surface area (Å²) in [4.78, 5) is 52.4. The Morgan fingerprint density at radius 1 is 1.12 bits per heavy atom. The van der Waals surface area contributed by atoms with Gasteiger partial charge in [0.1, 0.15) is 11.2 Å². The molecule has 1 aliphatic heterocycles. The predicted octanol–water partition coefficient (Wildman–Crippen LogP) is 3.04. The van der Waals surface area contributed by atoms with Crippen LogP contribution in [0.2, 0.25) is 5.02 Å². The molecule has 1 fully saturated rings.